The minimum atomic E-state index is -0.175. The molecular formula is C12H12Cl2O2. The fraction of sp³-hybridized carbons (Fsp3) is 0.417. The van der Waals surface area contributed by atoms with Gasteiger partial charge in [0.25, 0.3) is 0 Å². The van der Waals surface area contributed by atoms with Crippen LogP contribution in [0.3, 0.4) is 0 Å². The predicted octanol–water partition coefficient (Wildman–Crippen LogP) is 3.98. The molecule has 0 aromatic heterocycles. The summed E-state index contributed by atoms with van der Waals surface area (Å²) >= 11 is 11.9. The molecule has 1 aliphatic heterocycles. The Kier molecular flexibility index (Phi) is 2.89. The van der Waals surface area contributed by atoms with E-state index in [1.807, 2.05) is 13.8 Å². The Hall–Kier alpha value is -0.730. The van der Waals surface area contributed by atoms with Crippen LogP contribution in [0.4, 0.5) is 0 Å². The third-order valence-corrected chi connectivity index (χ3v) is 3.38. The van der Waals surface area contributed by atoms with Crippen molar-refractivity contribution in [2.75, 3.05) is 6.61 Å². The van der Waals surface area contributed by atoms with E-state index in [2.05, 4.69) is 0 Å². The van der Waals surface area contributed by atoms with E-state index < -0.39 is 0 Å². The van der Waals surface area contributed by atoms with Crippen LogP contribution < -0.4 is 4.74 Å². The van der Waals surface area contributed by atoms with Gasteiger partial charge in [0.05, 0.1) is 17.2 Å². The van der Waals surface area contributed by atoms with E-state index in [0.717, 1.165) is 0 Å². The van der Waals surface area contributed by atoms with Crippen LogP contribution in [0.5, 0.6) is 5.75 Å². The summed E-state index contributed by atoms with van der Waals surface area (Å²) < 4.78 is 5.61. The first kappa shape index (κ1) is 11.7. The van der Waals surface area contributed by atoms with Crippen molar-refractivity contribution in [2.45, 2.75) is 20.3 Å². The Labute approximate surface area is 104 Å². The summed E-state index contributed by atoms with van der Waals surface area (Å²) in [7, 11) is 0. The summed E-state index contributed by atoms with van der Waals surface area (Å²) in [4.78, 5) is 12.0. The molecule has 0 bridgehead atoms. The molecule has 0 unspecified atom stereocenters. The second-order valence-corrected chi connectivity index (χ2v) is 5.58. The predicted molar refractivity (Wildman–Crippen MR) is 64.7 cm³/mol. The number of rotatable bonds is 0. The van der Waals surface area contributed by atoms with Gasteiger partial charge in [0, 0.05) is 11.8 Å². The molecule has 0 spiro atoms. The third kappa shape index (κ3) is 2.04. The van der Waals surface area contributed by atoms with Gasteiger partial charge in [-0.1, -0.05) is 37.0 Å². The second-order valence-electron chi connectivity index (χ2n) is 4.79. The molecule has 2 rings (SSSR count). The van der Waals surface area contributed by atoms with Crippen LogP contribution >= 0.6 is 23.2 Å². The molecule has 0 N–H and O–H groups in total. The van der Waals surface area contributed by atoms with E-state index in [-0.39, 0.29) is 11.2 Å². The molecule has 0 fully saturated rings. The van der Waals surface area contributed by atoms with E-state index in [9.17, 15) is 4.79 Å². The van der Waals surface area contributed by atoms with E-state index in [0.29, 0.717) is 34.4 Å². The molecule has 86 valence electrons. The highest BCUT2D eigenvalue weighted by Gasteiger charge is 2.30. The SMILES string of the molecule is CC1(C)COc2c(ccc(Cl)c2Cl)C(=O)C1. The molecule has 4 heteroatoms. The number of Topliss-reactive ketones (excluding diaryl/α,β-unsaturated/α-hetero) is 1. The molecule has 0 saturated heterocycles. The minimum Gasteiger partial charge on any atom is -0.491 e. The van der Waals surface area contributed by atoms with Gasteiger partial charge < -0.3 is 4.74 Å². The summed E-state index contributed by atoms with van der Waals surface area (Å²) in [6.45, 7) is 4.45. The van der Waals surface area contributed by atoms with Crippen molar-refractivity contribution < 1.29 is 9.53 Å². The van der Waals surface area contributed by atoms with E-state index in [4.69, 9.17) is 27.9 Å². The normalized spacial score (nSPS) is 18.6. The quantitative estimate of drug-likeness (QED) is 0.704. The summed E-state index contributed by atoms with van der Waals surface area (Å²) in [5.41, 5.74) is 0.353. The van der Waals surface area contributed by atoms with Crippen molar-refractivity contribution >= 4 is 29.0 Å². The van der Waals surface area contributed by atoms with Gasteiger partial charge >= 0.3 is 0 Å². The molecule has 0 amide bonds. The van der Waals surface area contributed by atoms with Crippen LogP contribution in [0.25, 0.3) is 0 Å². The van der Waals surface area contributed by atoms with Gasteiger partial charge in [-0.3, -0.25) is 4.79 Å². The Morgan fingerprint density at radius 1 is 1.31 bits per heavy atom. The summed E-state index contributed by atoms with van der Waals surface area (Å²) in [5.74, 6) is 0.473. The Bertz CT molecular complexity index is 453. The maximum atomic E-state index is 12.0. The number of halogens is 2. The lowest BCUT2D eigenvalue weighted by Crippen LogP contribution is -2.21. The molecule has 1 aromatic carbocycles. The molecule has 2 nitrogen and oxygen atoms in total. The highest BCUT2D eigenvalue weighted by molar-refractivity contribution is 6.43. The fourth-order valence-electron chi connectivity index (χ4n) is 1.74. The lowest BCUT2D eigenvalue weighted by atomic mass is 9.87. The molecule has 1 heterocycles. The smallest absolute Gasteiger partial charge is 0.167 e. The van der Waals surface area contributed by atoms with Gasteiger partial charge in [-0.25, -0.2) is 0 Å². The second kappa shape index (κ2) is 3.94. The number of benzene rings is 1. The van der Waals surface area contributed by atoms with Crippen LogP contribution in [-0.2, 0) is 0 Å². The first-order valence-electron chi connectivity index (χ1n) is 5.05. The van der Waals surface area contributed by atoms with Gasteiger partial charge in [-0.2, -0.15) is 0 Å². The van der Waals surface area contributed by atoms with E-state index in [1.54, 1.807) is 12.1 Å². The maximum Gasteiger partial charge on any atom is 0.167 e. The van der Waals surface area contributed by atoms with Crippen LogP contribution in [0.15, 0.2) is 12.1 Å². The molecule has 1 aliphatic rings. The summed E-state index contributed by atoms with van der Waals surface area (Å²) in [6, 6.07) is 3.30. The highest BCUT2D eigenvalue weighted by atomic mass is 35.5. The Morgan fingerprint density at radius 2 is 2.00 bits per heavy atom. The van der Waals surface area contributed by atoms with E-state index in [1.165, 1.54) is 0 Å². The molecule has 0 aliphatic carbocycles. The van der Waals surface area contributed by atoms with Gasteiger partial charge in [-0.15, -0.1) is 0 Å². The molecule has 1 aromatic rings. The molecule has 0 radical (unpaired) electrons. The van der Waals surface area contributed by atoms with E-state index >= 15 is 0 Å². The zero-order valence-electron chi connectivity index (χ0n) is 9.14. The van der Waals surface area contributed by atoms with Crippen LogP contribution in [-0.4, -0.2) is 12.4 Å². The van der Waals surface area contributed by atoms with Crippen molar-refractivity contribution in [2.24, 2.45) is 5.41 Å². The van der Waals surface area contributed by atoms with Gasteiger partial charge in [0.2, 0.25) is 0 Å². The molecular weight excluding hydrogens is 247 g/mol. The molecule has 0 atom stereocenters. The zero-order valence-corrected chi connectivity index (χ0v) is 10.7. The van der Waals surface area contributed by atoms with Crippen LogP contribution in [0.1, 0.15) is 30.6 Å². The van der Waals surface area contributed by atoms with Crippen LogP contribution in [0, 0.1) is 5.41 Å². The zero-order chi connectivity index (χ0) is 11.9. The minimum absolute atomic E-state index is 0.0519. The largest absolute Gasteiger partial charge is 0.491 e. The number of hydrogen-bond donors (Lipinski definition) is 0. The monoisotopic (exact) mass is 258 g/mol. The standard InChI is InChI=1S/C12H12Cl2O2/c1-12(2)5-9(15)7-3-4-8(13)10(14)11(7)16-6-12/h3-4H,5-6H2,1-2H3. The Balaban J connectivity index is 2.53. The number of carbonyl (C=O) groups is 1. The Morgan fingerprint density at radius 3 is 2.69 bits per heavy atom. The topological polar surface area (TPSA) is 26.3 Å². The number of ketones is 1. The first-order chi connectivity index (χ1) is 7.41. The van der Waals surface area contributed by atoms with Crippen molar-refractivity contribution in [3.8, 4) is 5.75 Å². The van der Waals surface area contributed by atoms with Crippen molar-refractivity contribution in [1.29, 1.82) is 0 Å². The van der Waals surface area contributed by atoms with Gasteiger partial charge in [0.15, 0.2) is 5.78 Å². The number of carbonyl (C=O) groups excluding carboxylic acids is 1. The average molecular weight is 259 g/mol. The number of hydrogen-bond acceptors (Lipinski definition) is 2. The van der Waals surface area contributed by atoms with Gasteiger partial charge in [-0.05, 0) is 12.1 Å². The summed E-state index contributed by atoms with van der Waals surface area (Å²) in [6.07, 6.45) is 0.456. The lowest BCUT2D eigenvalue weighted by Gasteiger charge is -2.20. The number of fused-ring (bicyclic) bond motifs is 1. The van der Waals surface area contributed by atoms with Crippen molar-refractivity contribution in [3.05, 3.63) is 27.7 Å². The fourth-order valence-corrected chi connectivity index (χ4v) is 2.11. The number of ether oxygens (including phenoxy) is 1. The maximum absolute atomic E-state index is 12.0. The molecule has 16 heavy (non-hydrogen) atoms. The van der Waals surface area contributed by atoms with Gasteiger partial charge in [0.1, 0.15) is 10.8 Å². The van der Waals surface area contributed by atoms with Crippen molar-refractivity contribution in [3.63, 3.8) is 0 Å². The summed E-state index contributed by atoms with van der Waals surface area (Å²) in [5, 5.41) is 0.734. The third-order valence-electron chi connectivity index (χ3n) is 2.60. The first-order valence-corrected chi connectivity index (χ1v) is 5.80. The molecule has 0 saturated carbocycles. The highest BCUT2D eigenvalue weighted by Crippen LogP contribution is 2.40. The van der Waals surface area contributed by atoms with Crippen LogP contribution in [0.2, 0.25) is 10.0 Å². The lowest BCUT2D eigenvalue weighted by molar-refractivity contribution is 0.0918. The average Bonchev–Trinajstić information content (AvgIpc) is 2.29. The van der Waals surface area contributed by atoms with Crippen molar-refractivity contribution in [1.82, 2.24) is 0 Å².